The van der Waals surface area contributed by atoms with Gasteiger partial charge in [-0.25, -0.2) is 9.18 Å². The minimum atomic E-state index is -0.520. The zero-order chi connectivity index (χ0) is 18.5. The molecule has 6 heteroatoms. The van der Waals surface area contributed by atoms with Crippen LogP contribution < -0.4 is 10.6 Å². The molecule has 3 saturated carbocycles. The van der Waals surface area contributed by atoms with Gasteiger partial charge in [0.1, 0.15) is 11.4 Å². The monoisotopic (exact) mass is 348 g/mol. The Morgan fingerprint density at radius 1 is 1.16 bits per heavy atom. The van der Waals surface area contributed by atoms with Crippen LogP contribution in [0, 0.1) is 17.2 Å². The van der Waals surface area contributed by atoms with Crippen molar-refractivity contribution in [2.75, 3.05) is 5.32 Å². The van der Waals surface area contributed by atoms with Crippen molar-refractivity contribution in [3.8, 4) is 0 Å². The van der Waals surface area contributed by atoms with Gasteiger partial charge in [0.2, 0.25) is 5.91 Å². The number of halogens is 1. The molecule has 136 valence electrons. The third-order valence-electron chi connectivity index (χ3n) is 5.26. The minimum Gasteiger partial charge on any atom is -0.444 e. The standard InChI is InChI=1S/C19H25FN2O3/c1-12(15(23)21-14-7-5-13(20)6-8-14)18-9-19(10-18,11-18)22-16(24)25-17(2,3)4/h5-8,12H,9-11H2,1-4H3,(H,21,23)(H,22,24). The predicted molar refractivity (Wildman–Crippen MR) is 92.6 cm³/mol. The molecule has 3 aliphatic carbocycles. The van der Waals surface area contributed by atoms with Gasteiger partial charge in [-0.2, -0.15) is 0 Å². The highest BCUT2D eigenvalue weighted by molar-refractivity contribution is 5.93. The number of ether oxygens (including phenoxy) is 1. The van der Waals surface area contributed by atoms with Gasteiger partial charge in [-0.05, 0) is 69.7 Å². The first-order valence-corrected chi connectivity index (χ1v) is 8.60. The molecule has 0 aromatic heterocycles. The fourth-order valence-electron chi connectivity index (χ4n) is 4.04. The van der Waals surface area contributed by atoms with E-state index in [1.807, 2.05) is 27.7 Å². The van der Waals surface area contributed by atoms with E-state index in [9.17, 15) is 14.0 Å². The Labute approximate surface area is 147 Å². The highest BCUT2D eigenvalue weighted by atomic mass is 19.1. The van der Waals surface area contributed by atoms with Crippen molar-refractivity contribution in [3.05, 3.63) is 30.1 Å². The zero-order valence-electron chi connectivity index (χ0n) is 15.1. The van der Waals surface area contributed by atoms with Crippen LogP contribution in [0.4, 0.5) is 14.9 Å². The lowest BCUT2D eigenvalue weighted by Gasteiger charge is -2.72. The molecule has 1 aromatic carbocycles. The zero-order valence-corrected chi connectivity index (χ0v) is 15.1. The van der Waals surface area contributed by atoms with Gasteiger partial charge in [0.25, 0.3) is 0 Å². The van der Waals surface area contributed by atoms with E-state index in [1.165, 1.54) is 12.1 Å². The van der Waals surface area contributed by atoms with Crippen LogP contribution in [0.3, 0.4) is 0 Å². The summed E-state index contributed by atoms with van der Waals surface area (Å²) in [7, 11) is 0. The summed E-state index contributed by atoms with van der Waals surface area (Å²) >= 11 is 0. The van der Waals surface area contributed by atoms with Gasteiger partial charge < -0.3 is 15.4 Å². The van der Waals surface area contributed by atoms with Crippen LogP contribution in [0.2, 0.25) is 0 Å². The van der Waals surface area contributed by atoms with E-state index in [0.29, 0.717) is 5.69 Å². The lowest BCUT2D eigenvalue weighted by Crippen LogP contribution is -2.77. The molecule has 2 N–H and O–H groups in total. The second-order valence-corrected chi connectivity index (χ2v) is 8.52. The molecular formula is C19H25FN2O3. The summed E-state index contributed by atoms with van der Waals surface area (Å²) in [5, 5.41) is 5.79. The van der Waals surface area contributed by atoms with Crippen molar-refractivity contribution in [2.24, 2.45) is 11.3 Å². The fourth-order valence-corrected chi connectivity index (χ4v) is 4.04. The molecule has 3 fully saturated rings. The first-order chi connectivity index (χ1) is 11.5. The second kappa shape index (κ2) is 5.71. The summed E-state index contributed by atoms with van der Waals surface area (Å²) < 4.78 is 18.2. The minimum absolute atomic E-state index is 0.0564. The summed E-state index contributed by atoms with van der Waals surface area (Å²) in [5.74, 6) is -0.572. The van der Waals surface area contributed by atoms with Crippen LogP contribution in [-0.2, 0) is 9.53 Å². The molecule has 25 heavy (non-hydrogen) atoms. The highest BCUT2D eigenvalue weighted by Crippen LogP contribution is 2.70. The lowest BCUT2D eigenvalue weighted by molar-refractivity contribution is -0.186. The van der Waals surface area contributed by atoms with Crippen LogP contribution >= 0.6 is 0 Å². The van der Waals surface area contributed by atoms with Gasteiger partial charge >= 0.3 is 6.09 Å². The number of alkyl carbamates (subject to hydrolysis) is 1. The molecule has 4 rings (SSSR count). The lowest BCUT2D eigenvalue weighted by atomic mass is 9.36. The molecular weight excluding hydrogens is 323 g/mol. The van der Waals surface area contributed by atoms with Crippen LogP contribution in [0.25, 0.3) is 0 Å². The number of rotatable bonds is 4. The Bertz CT molecular complexity index is 674. The van der Waals surface area contributed by atoms with Gasteiger partial charge in [0.15, 0.2) is 0 Å². The molecule has 0 spiro atoms. The summed E-state index contributed by atoms with van der Waals surface area (Å²) in [4.78, 5) is 24.4. The van der Waals surface area contributed by atoms with E-state index in [1.54, 1.807) is 12.1 Å². The maximum absolute atomic E-state index is 12.9. The van der Waals surface area contributed by atoms with Gasteiger partial charge in [0.05, 0.1) is 0 Å². The summed E-state index contributed by atoms with van der Waals surface area (Å²) in [5.41, 5.74) is -0.203. The van der Waals surface area contributed by atoms with E-state index in [4.69, 9.17) is 4.74 Å². The van der Waals surface area contributed by atoms with Gasteiger partial charge in [-0.1, -0.05) is 6.92 Å². The third kappa shape index (κ3) is 3.48. The SMILES string of the molecule is CC(C(=O)Nc1ccc(F)cc1)C12CC(NC(=O)OC(C)(C)C)(C1)C2. The fraction of sp³-hybridized carbons (Fsp3) is 0.579. The quantitative estimate of drug-likeness (QED) is 0.868. The molecule has 1 unspecified atom stereocenters. The smallest absolute Gasteiger partial charge is 0.408 e. The third-order valence-corrected chi connectivity index (χ3v) is 5.26. The largest absolute Gasteiger partial charge is 0.444 e. The molecule has 5 nitrogen and oxygen atoms in total. The van der Waals surface area contributed by atoms with Crippen molar-refractivity contribution >= 4 is 17.7 Å². The molecule has 0 heterocycles. The van der Waals surface area contributed by atoms with E-state index < -0.39 is 11.7 Å². The number of amides is 2. The second-order valence-electron chi connectivity index (χ2n) is 8.52. The van der Waals surface area contributed by atoms with Crippen molar-refractivity contribution in [2.45, 2.75) is 58.1 Å². The number of anilines is 1. The Hall–Kier alpha value is -2.11. The maximum Gasteiger partial charge on any atom is 0.408 e. The Morgan fingerprint density at radius 2 is 1.72 bits per heavy atom. The normalized spacial score (nSPS) is 28.2. The van der Waals surface area contributed by atoms with Gasteiger partial charge in [-0.15, -0.1) is 0 Å². The van der Waals surface area contributed by atoms with Gasteiger partial charge in [-0.3, -0.25) is 4.79 Å². The number of nitrogens with one attached hydrogen (secondary N) is 2. The summed E-state index contributed by atoms with van der Waals surface area (Å²) in [6.45, 7) is 7.41. The number of benzene rings is 1. The Morgan fingerprint density at radius 3 is 2.24 bits per heavy atom. The average Bonchev–Trinajstić information content (AvgIpc) is 2.41. The molecule has 0 radical (unpaired) electrons. The number of carbonyl (C=O) groups is 2. The maximum atomic E-state index is 12.9. The Balaban J connectivity index is 1.51. The first-order valence-electron chi connectivity index (χ1n) is 8.60. The topological polar surface area (TPSA) is 67.4 Å². The van der Waals surface area contributed by atoms with Crippen LogP contribution in [0.5, 0.6) is 0 Å². The van der Waals surface area contributed by atoms with E-state index in [-0.39, 0.29) is 28.6 Å². The van der Waals surface area contributed by atoms with Crippen molar-refractivity contribution in [1.82, 2.24) is 5.32 Å². The molecule has 1 aromatic rings. The van der Waals surface area contributed by atoms with Crippen molar-refractivity contribution < 1.29 is 18.7 Å². The number of hydrogen-bond donors (Lipinski definition) is 2. The number of hydrogen-bond acceptors (Lipinski definition) is 3. The Kier molecular flexibility index (Phi) is 4.05. The first kappa shape index (κ1) is 17.7. The molecule has 0 aliphatic heterocycles. The molecule has 3 aliphatic rings. The molecule has 1 atom stereocenters. The summed E-state index contributed by atoms with van der Waals surface area (Å²) in [6.07, 6.45) is 1.97. The number of carbonyl (C=O) groups excluding carboxylic acids is 2. The van der Waals surface area contributed by atoms with Crippen LogP contribution in [-0.4, -0.2) is 23.1 Å². The highest BCUT2D eigenvalue weighted by Gasteiger charge is 2.71. The molecule has 0 saturated heterocycles. The summed E-state index contributed by atoms with van der Waals surface area (Å²) in [6, 6.07) is 5.74. The van der Waals surface area contributed by atoms with Crippen molar-refractivity contribution in [1.29, 1.82) is 0 Å². The van der Waals surface area contributed by atoms with E-state index in [0.717, 1.165) is 19.3 Å². The van der Waals surface area contributed by atoms with Gasteiger partial charge in [0, 0.05) is 17.1 Å². The molecule has 2 amide bonds. The predicted octanol–water partition coefficient (Wildman–Crippen LogP) is 3.85. The molecule has 2 bridgehead atoms. The van der Waals surface area contributed by atoms with Crippen LogP contribution in [0.1, 0.15) is 47.0 Å². The van der Waals surface area contributed by atoms with E-state index >= 15 is 0 Å². The van der Waals surface area contributed by atoms with Crippen LogP contribution in [0.15, 0.2) is 24.3 Å². The average molecular weight is 348 g/mol. The van der Waals surface area contributed by atoms with E-state index in [2.05, 4.69) is 10.6 Å². The van der Waals surface area contributed by atoms with Crippen molar-refractivity contribution in [3.63, 3.8) is 0 Å².